The number of hydrogen-bond donors (Lipinski definition) is 1. The summed E-state index contributed by atoms with van der Waals surface area (Å²) in [7, 11) is 0. The van der Waals surface area contributed by atoms with Crippen LogP contribution in [0.25, 0.3) is 0 Å². The first-order valence-corrected chi connectivity index (χ1v) is 7.47. The molecule has 7 heteroatoms. The molecule has 0 aromatic heterocycles. The lowest BCUT2D eigenvalue weighted by atomic mass is 9.95. The minimum Gasteiger partial charge on any atom is -0.492 e. The van der Waals surface area contributed by atoms with Crippen molar-refractivity contribution in [1.29, 1.82) is 0 Å². The van der Waals surface area contributed by atoms with Crippen molar-refractivity contribution in [3.05, 3.63) is 28.8 Å². The van der Waals surface area contributed by atoms with E-state index in [1.54, 1.807) is 23.1 Å². The molecule has 118 valence electrons. The van der Waals surface area contributed by atoms with E-state index in [0.717, 1.165) is 11.3 Å². The molecule has 0 spiro atoms. The van der Waals surface area contributed by atoms with Crippen molar-refractivity contribution in [3.63, 3.8) is 0 Å². The van der Waals surface area contributed by atoms with Crippen LogP contribution in [-0.4, -0.2) is 54.3 Å². The van der Waals surface area contributed by atoms with E-state index in [2.05, 4.69) is 0 Å². The highest BCUT2D eigenvalue weighted by molar-refractivity contribution is 6.30. The molecule has 3 rings (SSSR count). The zero-order chi connectivity index (χ0) is 15.7. The topological polar surface area (TPSA) is 76.1 Å². The highest BCUT2D eigenvalue weighted by atomic mass is 35.5. The van der Waals surface area contributed by atoms with Gasteiger partial charge in [0.15, 0.2) is 6.10 Å². The Balaban J connectivity index is 1.69. The van der Waals surface area contributed by atoms with Crippen LogP contribution in [0.4, 0.5) is 0 Å². The molecule has 0 radical (unpaired) electrons. The number of morpholine rings is 1. The maximum Gasteiger partial charge on any atom is 0.334 e. The fourth-order valence-electron chi connectivity index (χ4n) is 2.78. The highest BCUT2D eigenvalue weighted by Gasteiger charge is 2.34. The number of carboxylic acids is 1. The number of fused-ring (bicyclic) bond motifs is 1. The number of carboxylic acid groups (broad SMARTS) is 1. The lowest BCUT2D eigenvalue weighted by Gasteiger charge is -2.34. The Bertz CT molecular complexity index is 606. The van der Waals surface area contributed by atoms with E-state index in [0.29, 0.717) is 24.6 Å². The molecule has 1 saturated heterocycles. The van der Waals surface area contributed by atoms with Gasteiger partial charge in [-0.2, -0.15) is 0 Å². The van der Waals surface area contributed by atoms with Gasteiger partial charge in [0.05, 0.1) is 19.1 Å². The van der Waals surface area contributed by atoms with Crippen LogP contribution in [0.15, 0.2) is 18.2 Å². The molecule has 1 amide bonds. The number of halogens is 1. The van der Waals surface area contributed by atoms with Crippen molar-refractivity contribution in [2.75, 3.05) is 26.3 Å². The van der Waals surface area contributed by atoms with Gasteiger partial charge in [0.25, 0.3) is 0 Å². The molecule has 0 aliphatic carbocycles. The van der Waals surface area contributed by atoms with E-state index < -0.39 is 12.1 Å². The Morgan fingerprint density at radius 2 is 2.18 bits per heavy atom. The molecular formula is C15H16ClNO5. The average Bonchev–Trinajstić information content (AvgIpc) is 2.53. The number of hydrogen-bond acceptors (Lipinski definition) is 4. The second-order valence-corrected chi connectivity index (χ2v) is 5.88. The van der Waals surface area contributed by atoms with Crippen LogP contribution in [0.2, 0.25) is 5.02 Å². The Morgan fingerprint density at radius 3 is 2.95 bits per heavy atom. The molecule has 0 bridgehead atoms. The normalized spacial score (nSPS) is 24.3. The predicted octanol–water partition coefficient (Wildman–Crippen LogP) is 1.20. The summed E-state index contributed by atoms with van der Waals surface area (Å²) in [6.07, 6.45) is -0.409. The molecule has 22 heavy (non-hydrogen) atoms. The molecule has 0 unspecified atom stereocenters. The maximum atomic E-state index is 12.6. The summed E-state index contributed by atoms with van der Waals surface area (Å²) in [6.45, 7) is 1.01. The van der Waals surface area contributed by atoms with Crippen LogP contribution < -0.4 is 4.74 Å². The van der Waals surface area contributed by atoms with Crippen LogP contribution in [0.5, 0.6) is 5.75 Å². The minimum atomic E-state index is -1.05. The second kappa shape index (κ2) is 6.14. The van der Waals surface area contributed by atoms with E-state index in [4.69, 9.17) is 26.2 Å². The van der Waals surface area contributed by atoms with E-state index in [9.17, 15) is 9.59 Å². The molecule has 1 fully saturated rings. The van der Waals surface area contributed by atoms with E-state index in [-0.39, 0.29) is 25.0 Å². The van der Waals surface area contributed by atoms with Gasteiger partial charge in [-0.15, -0.1) is 0 Å². The Kier molecular flexibility index (Phi) is 4.22. The molecule has 0 saturated carbocycles. The number of carbonyl (C=O) groups excluding carboxylic acids is 1. The van der Waals surface area contributed by atoms with Crippen LogP contribution in [0.1, 0.15) is 5.56 Å². The van der Waals surface area contributed by atoms with Crippen LogP contribution in [0.3, 0.4) is 0 Å². The zero-order valence-corrected chi connectivity index (χ0v) is 12.6. The summed E-state index contributed by atoms with van der Waals surface area (Å²) in [5.74, 6) is -0.716. The number of amides is 1. The summed E-state index contributed by atoms with van der Waals surface area (Å²) in [6, 6.07) is 5.35. The molecule has 2 aliphatic heterocycles. The standard InChI is InChI=1S/C15H16ClNO5/c16-11-1-2-12-9(6-11)5-10(8-22-12)14(18)17-3-4-21-13(7-17)15(19)20/h1-2,6,10,13H,3-5,7-8H2,(H,19,20)/t10-,13-/m0/s1. The lowest BCUT2D eigenvalue weighted by molar-refractivity contribution is -0.160. The number of nitrogens with zero attached hydrogens (tertiary/aromatic N) is 1. The molecule has 6 nitrogen and oxygen atoms in total. The van der Waals surface area contributed by atoms with Gasteiger partial charge in [0.1, 0.15) is 12.4 Å². The van der Waals surface area contributed by atoms with Crippen molar-refractivity contribution < 1.29 is 24.2 Å². The molecule has 1 N–H and O–H groups in total. The first-order chi connectivity index (χ1) is 10.5. The average molecular weight is 326 g/mol. The van der Waals surface area contributed by atoms with Gasteiger partial charge >= 0.3 is 5.97 Å². The quantitative estimate of drug-likeness (QED) is 0.884. The number of carbonyl (C=O) groups is 2. The maximum absolute atomic E-state index is 12.6. The largest absolute Gasteiger partial charge is 0.492 e. The van der Waals surface area contributed by atoms with Crippen molar-refractivity contribution in [1.82, 2.24) is 4.90 Å². The Hall–Kier alpha value is -1.79. The summed E-state index contributed by atoms with van der Waals surface area (Å²) >= 11 is 5.97. The van der Waals surface area contributed by atoms with Gasteiger partial charge < -0.3 is 19.5 Å². The Morgan fingerprint density at radius 1 is 1.36 bits per heavy atom. The van der Waals surface area contributed by atoms with E-state index in [1.165, 1.54) is 0 Å². The smallest absolute Gasteiger partial charge is 0.334 e. The zero-order valence-electron chi connectivity index (χ0n) is 11.8. The SMILES string of the molecule is O=C(O)[C@@H]1CN(C(=O)[C@@H]2COc3ccc(Cl)cc3C2)CCO1. The summed E-state index contributed by atoms with van der Waals surface area (Å²) in [5.41, 5.74) is 0.903. The molecule has 2 atom stereocenters. The van der Waals surface area contributed by atoms with Gasteiger partial charge in [-0.25, -0.2) is 4.79 Å². The van der Waals surface area contributed by atoms with Crippen molar-refractivity contribution in [2.24, 2.45) is 5.92 Å². The minimum absolute atomic E-state index is 0.0765. The van der Waals surface area contributed by atoms with Gasteiger partial charge in [-0.1, -0.05) is 11.6 Å². The van der Waals surface area contributed by atoms with Gasteiger partial charge in [-0.05, 0) is 30.2 Å². The van der Waals surface area contributed by atoms with E-state index >= 15 is 0 Å². The van der Waals surface area contributed by atoms with Crippen molar-refractivity contribution in [3.8, 4) is 5.75 Å². The summed E-state index contributed by atoms with van der Waals surface area (Å²) in [4.78, 5) is 25.1. The molecule has 2 heterocycles. The fraction of sp³-hybridized carbons (Fsp3) is 0.467. The van der Waals surface area contributed by atoms with Gasteiger partial charge in [-0.3, -0.25) is 4.79 Å². The summed E-state index contributed by atoms with van der Waals surface area (Å²) in [5, 5.41) is 9.61. The van der Waals surface area contributed by atoms with Crippen LogP contribution in [0, 0.1) is 5.92 Å². The lowest BCUT2D eigenvalue weighted by Crippen LogP contribution is -2.51. The number of aliphatic carboxylic acids is 1. The number of benzene rings is 1. The van der Waals surface area contributed by atoms with Crippen molar-refractivity contribution in [2.45, 2.75) is 12.5 Å². The first kappa shape index (κ1) is 15.1. The molecule has 1 aromatic rings. The predicted molar refractivity (Wildman–Crippen MR) is 78.1 cm³/mol. The Labute approximate surface area is 132 Å². The van der Waals surface area contributed by atoms with Crippen LogP contribution >= 0.6 is 11.6 Å². The van der Waals surface area contributed by atoms with Gasteiger partial charge in [0.2, 0.25) is 5.91 Å². The fourth-order valence-corrected chi connectivity index (χ4v) is 2.97. The third kappa shape index (κ3) is 3.03. The highest BCUT2D eigenvalue weighted by Crippen LogP contribution is 2.30. The van der Waals surface area contributed by atoms with Crippen molar-refractivity contribution >= 4 is 23.5 Å². The molecule has 1 aromatic carbocycles. The third-order valence-electron chi connectivity index (χ3n) is 3.93. The first-order valence-electron chi connectivity index (χ1n) is 7.09. The number of rotatable bonds is 2. The second-order valence-electron chi connectivity index (χ2n) is 5.45. The van der Waals surface area contributed by atoms with Crippen LogP contribution in [-0.2, 0) is 20.7 Å². The van der Waals surface area contributed by atoms with E-state index in [1.807, 2.05) is 0 Å². The monoisotopic (exact) mass is 325 g/mol. The third-order valence-corrected chi connectivity index (χ3v) is 4.17. The van der Waals surface area contributed by atoms with Gasteiger partial charge in [0, 0.05) is 11.6 Å². The number of ether oxygens (including phenoxy) is 2. The molecule has 2 aliphatic rings. The summed E-state index contributed by atoms with van der Waals surface area (Å²) < 4.78 is 10.8. The molecular weight excluding hydrogens is 310 g/mol.